The van der Waals surface area contributed by atoms with E-state index in [0.717, 1.165) is 26.2 Å². The normalized spacial score (nSPS) is 22.6. The molecule has 1 amide bonds. The summed E-state index contributed by atoms with van der Waals surface area (Å²) in [6, 6.07) is 8.26. The highest BCUT2D eigenvalue weighted by Crippen LogP contribution is 2.23. The second kappa shape index (κ2) is 7.05. The van der Waals surface area contributed by atoms with Crippen LogP contribution in [0, 0.1) is 0 Å². The fourth-order valence-electron chi connectivity index (χ4n) is 3.37. The zero-order chi connectivity index (χ0) is 14.5. The lowest BCUT2D eigenvalue weighted by molar-refractivity contribution is -0.122. The Morgan fingerprint density at radius 2 is 2.05 bits per heavy atom. The summed E-state index contributed by atoms with van der Waals surface area (Å²) in [5.41, 5.74) is 2.44. The molecule has 4 heteroatoms. The first-order valence-corrected chi connectivity index (χ1v) is 8.13. The Morgan fingerprint density at radius 1 is 1.24 bits per heavy atom. The molecule has 4 nitrogen and oxygen atoms in total. The predicted molar refractivity (Wildman–Crippen MR) is 84.2 cm³/mol. The van der Waals surface area contributed by atoms with Crippen molar-refractivity contribution in [3.63, 3.8) is 0 Å². The van der Waals surface area contributed by atoms with Crippen LogP contribution in [-0.4, -0.2) is 43.5 Å². The van der Waals surface area contributed by atoms with Gasteiger partial charge in [-0.15, -0.1) is 0 Å². The molecule has 0 saturated carbocycles. The molecule has 21 heavy (non-hydrogen) atoms. The van der Waals surface area contributed by atoms with Gasteiger partial charge in [0.25, 0.3) is 0 Å². The fourth-order valence-corrected chi connectivity index (χ4v) is 3.37. The minimum atomic E-state index is -0.0451. The van der Waals surface area contributed by atoms with Crippen LogP contribution in [-0.2, 0) is 11.3 Å². The molecule has 114 valence electrons. The highest BCUT2D eigenvalue weighted by atomic mass is 16.1. The summed E-state index contributed by atoms with van der Waals surface area (Å²) in [4.78, 5) is 14.9. The van der Waals surface area contributed by atoms with Gasteiger partial charge in [0.2, 0.25) is 5.91 Å². The molecule has 1 aromatic rings. The van der Waals surface area contributed by atoms with Gasteiger partial charge in [-0.05, 0) is 37.1 Å². The zero-order valence-electron chi connectivity index (χ0n) is 12.6. The summed E-state index contributed by atoms with van der Waals surface area (Å²) in [5.74, 6) is 0.114. The number of nitrogens with zero attached hydrogens (tertiary/aromatic N) is 1. The molecule has 0 aliphatic carbocycles. The molecule has 0 aromatic heterocycles. The number of benzene rings is 1. The van der Waals surface area contributed by atoms with E-state index in [4.69, 9.17) is 0 Å². The minimum Gasteiger partial charge on any atom is -0.354 e. The molecular formula is C17H25N3O. The van der Waals surface area contributed by atoms with Gasteiger partial charge in [0, 0.05) is 26.2 Å². The first-order chi connectivity index (χ1) is 10.3. The van der Waals surface area contributed by atoms with Gasteiger partial charge in [-0.1, -0.05) is 30.7 Å². The van der Waals surface area contributed by atoms with Crippen LogP contribution in [0.4, 0.5) is 0 Å². The molecule has 1 atom stereocenters. The van der Waals surface area contributed by atoms with E-state index in [2.05, 4.69) is 27.7 Å². The Bertz CT molecular complexity index is 483. The van der Waals surface area contributed by atoms with Crippen LogP contribution in [0.2, 0.25) is 0 Å². The van der Waals surface area contributed by atoms with Crippen molar-refractivity contribution < 1.29 is 4.79 Å². The third kappa shape index (κ3) is 3.63. The molecule has 0 radical (unpaired) electrons. The maximum absolute atomic E-state index is 12.4. The SMILES string of the molecule is O=C(NCCN1CCCCC1)C1CNCc2ccccc21. The van der Waals surface area contributed by atoms with Crippen LogP contribution in [0.5, 0.6) is 0 Å². The third-order valence-electron chi connectivity index (χ3n) is 4.59. The van der Waals surface area contributed by atoms with Crippen molar-refractivity contribution in [2.24, 2.45) is 0 Å². The van der Waals surface area contributed by atoms with Crippen LogP contribution >= 0.6 is 0 Å². The smallest absolute Gasteiger partial charge is 0.228 e. The van der Waals surface area contributed by atoms with E-state index in [9.17, 15) is 4.79 Å². The molecule has 2 aliphatic rings. The van der Waals surface area contributed by atoms with Gasteiger partial charge in [-0.25, -0.2) is 0 Å². The molecule has 1 saturated heterocycles. The number of fused-ring (bicyclic) bond motifs is 1. The Morgan fingerprint density at radius 3 is 2.90 bits per heavy atom. The summed E-state index contributed by atoms with van der Waals surface area (Å²) >= 11 is 0. The Hall–Kier alpha value is -1.39. The van der Waals surface area contributed by atoms with Crippen molar-refractivity contribution >= 4 is 5.91 Å². The summed E-state index contributed by atoms with van der Waals surface area (Å²) in [5, 5.41) is 6.46. The second-order valence-electron chi connectivity index (χ2n) is 6.08. The molecule has 1 aromatic carbocycles. The van der Waals surface area contributed by atoms with E-state index in [-0.39, 0.29) is 11.8 Å². The van der Waals surface area contributed by atoms with E-state index >= 15 is 0 Å². The van der Waals surface area contributed by atoms with Crippen molar-refractivity contribution in [1.82, 2.24) is 15.5 Å². The van der Waals surface area contributed by atoms with Crippen molar-refractivity contribution in [3.05, 3.63) is 35.4 Å². The second-order valence-corrected chi connectivity index (χ2v) is 6.08. The summed E-state index contributed by atoms with van der Waals surface area (Å²) in [6.07, 6.45) is 3.95. The molecule has 2 aliphatic heterocycles. The van der Waals surface area contributed by atoms with Gasteiger partial charge in [0.15, 0.2) is 0 Å². The van der Waals surface area contributed by atoms with Gasteiger partial charge >= 0.3 is 0 Å². The number of rotatable bonds is 4. The van der Waals surface area contributed by atoms with Crippen LogP contribution in [0.25, 0.3) is 0 Å². The van der Waals surface area contributed by atoms with Crippen LogP contribution in [0.3, 0.4) is 0 Å². The third-order valence-corrected chi connectivity index (χ3v) is 4.59. The number of likely N-dealkylation sites (tertiary alicyclic amines) is 1. The highest BCUT2D eigenvalue weighted by molar-refractivity contribution is 5.84. The van der Waals surface area contributed by atoms with Crippen LogP contribution in [0.1, 0.15) is 36.3 Å². The summed E-state index contributed by atoms with van der Waals surface area (Å²) in [6.45, 7) is 5.72. The van der Waals surface area contributed by atoms with Crippen molar-refractivity contribution in [2.45, 2.75) is 31.7 Å². The zero-order valence-corrected chi connectivity index (χ0v) is 12.6. The van der Waals surface area contributed by atoms with Gasteiger partial charge < -0.3 is 15.5 Å². The monoisotopic (exact) mass is 287 g/mol. The number of amides is 1. The minimum absolute atomic E-state index is 0.0451. The topological polar surface area (TPSA) is 44.4 Å². The van der Waals surface area contributed by atoms with E-state index in [1.165, 1.54) is 43.5 Å². The van der Waals surface area contributed by atoms with E-state index in [1.54, 1.807) is 0 Å². The van der Waals surface area contributed by atoms with Crippen molar-refractivity contribution in [3.8, 4) is 0 Å². The lowest BCUT2D eigenvalue weighted by Crippen LogP contribution is -2.42. The molecule has 2 N–H and O–H groups in total. The summed E-state index contributed by atoms with van der Waals surface area (Å²) < 4.78 is 0. The van der Waals surface area contributed by atoms with E-state index in [0.29, 0.717) is 0 Å². The quantitative estimate of drug-likeness (QED) is 0.881. The van der Waals surface area contributed by atoms with Crippen LogP contribution < -0.4 is 10.6 Å². The van der Waals surface area contributed by atoms with E-state index < -0.39 is 0 Å². The standard InChI is InChI=1S/C17H25N3O/c21-17(19-8-11-20-9-4-1-5-10-20)16-13-18-12-14-6-2-3-7-15(14)16/h2-3,6-7,16,18H,1,4-5,8-13H2,(H,19,21). The molecule has 1 unspecified atom stereocenters. The summed E-state index contributed by atoms with van der Waals surface area (Å²) in [7, 11) is 0. The Balaban J connectivity index is 1.51. The lowest BCUT2D eigenvalue weighted by Gasteiger charge is -2.28. The molecule has 0 bridgehead atoms. The molecular weight excluding hydrogens is 262 g/mol. The fraction of sp³-hybridized carbons (Fsp3) is 0.588. The lowest BCUT2D eigenvalue weighted by atomic mass is 9.90. The number of piperidine rings is 1. The number of hydrogen-bond acceptors (Lipinski definition) is 3. The molecule has 2 heterocycles. The average molecular weight is 287 g/mol. The number of carbonyl (C=O) groups is 1. The number of hydrogen-bond donors (Lipinski definition) is 2. The average Bonchev–Trinajstić information content (AvgIpc) is 2.55. The number of nitrogens with one attached hydrogen (secondary N) is 2. The maximum Gasteiger partial charge on any atom is 0.228 e. The van der Waals surface area contributed by atoms with Crippen molar-refractivity contribution in [1.29, 1.82) is 0 Å². The van der Waals surface area contributed by atoms with Gasteiger partial charge in [0.05, 0.1) is 5.92 Å². The first-order valence-electron chi connectivity index (χ1n) is 8.13. The predicted octanol–water partition coefficient (Wildman–Crippen LogP) is 1.48. The van der Waals surface area contributed by atoms with Crippen LogP contribution in [0.15, 0.2) is 24.3 Å². The maximum atomic E-state index is 12.4. The number of carbonyl (C=O) groups excluding carboxylic acids is 1. The highest BCUT2D eigenvalue weighted by Gasteiger charge is 2.25. The van der Waals surface area contributed by atoms with E-state index in [1.807, 2.05) is 12.1 Å². The van der Waals surface area contributed by atoms with Gasteiger partial charge in [-0.3, -0.25) is 4.79 Å². The van der Waals surface area contributed by atoms with Crippen molar-refractivity contribution in [2.75, 3.05) is 32.7 Å². The van der Waals surface area contributed by atoms with Gasteiger partial charge in [0.1, 0.15) is 0 Å². The molecule has 0 spiro atoms. The van der Waals surface area contributed by atoms with Gasteiger partial charge in [-0.2, -0.15) is 0 Å². The Labute approximate surface area is 126 Å². The largest absolute Gasteiger partial charge is 0.354 e. The first kappa shape index (κ1) is 14.5. The molecule has 3 rings (SSSR count). The molecule has 1 fully saturated rings. The Kier molecular flexibility index (Phi) is 4.88.